The third-order valence-corrected chi connectivity index (χ3v) is 6.08. The Bertz CT molecular complexity index is 1640. The van der Waals surface area contributed by atoms with Crippen LogP contribution in [0.3, 0.4) is 0 Å². The standard InChI is InChI=1S/C28H20FN5O/c1-34-16-18(14-23-21-4-2-3-5-25(21)32-27(23)35)22-15-20(10-11-26(22)34)31-28-30-13-12-24(33-28)17-6-8-19(29)9-7-17/h2-16H,1H3,(H,32,35)(H,30,31,33)/b23-14+. The number of nitrogens with one attached hydrogen (secondary N) is 2. The molecule has 1 aliphatic rings. The fourth-order valence-corrected chi connectivity index (χ4v) is 4.38. The van der Waals surface area contributed by atoms with Gasteiger partial charge in [0, 0.05) is 64.0 Å². The zero-order valence-electron chi connectivity index (χ0n) is 18.8. The molecule has 35 heavy (non-hydrogen) atoms. The molecule has 0 atom stereocenters. The first-order valence-electron chi connectivity index (χ1n) is 11.1. The molecule has 0 aliphatic carbocycles. The van der Waals surface area contributed by atoms with E-state index >= 15 is 0 Å². The Labute approximate surface area is 200 Å². The summed E-state index contributed by atoms with van der Waals surface area (Å²) in [7, 11) is 1.98. The lowest BCUT2D eigenvalue weighted by molar-refractivity contribution is -0.110. The van der Waals surface area contributed by atoms with Gasteiger partial charge in [0.1, 0.15) is 5.82 Å². The van der Waals surface area contributed by atoms with Crippen LogP contribution in [0.2, 0.25) is 0 Å². The summed E-state index contributed by atoms with van der Waals surface area (Å²) < 4.78 is 15.3. The van der Waals surface area contributed by atoms with E-state index in [2.05, 4.69) is 20.6 Å². The fraction of sp³-hybridized carbons (Fsp3) is 0.0357. The fourth-order valence-electron chi connectivity index (χ4n) is 4.38. The molecule has 0 saturated carbocycles. The zero-order chi connectivity index (χ0) is 23.9. The molecule has 0 saturated heterocycles. The molecule has 6 rings (SSSR count). The lowest BCUT2D eigenvalue weighted by Crippen LogP contribution is -2.03. The summed E-state index contributed by atoms with van der Waals surface area (Å²) in [6.07, 6.45) is 5.61. The summed E-state index contributed by atoms with van der Waals surface area (Å²) in [4.78, 5) is 21.5. The Kier molecular flexibility index (Phi) is 4.88. The quantitative estimate of drug-likeness (QED) is 0.322. The van der Waals surface area contributed by atoms with E-state index in [0.717, 1.165) is 39.0 Å². The number of halogens is 1. The summed E-state index contributed by atoms with van der Waals surface area (Å²) in [6.45, 7) is 0. The van der Waals surface area contributed by atoms with Crippen molar-refractivity contribution in [2.75, 3.05) is 10.6 Å². The summed E-state index contributed by atoms with van der Waals surface area (Å²) in [5, 5.41) is 7.19. The van der Waals surface area contributed by atoms with Crippen LogP contribution in [0.25, 0.3) is 33.8 Å². The van der Waals surface area contributed by atoms with Gasteiger partial charge < -0.3 is 15.2 Å². The third kappa shape index (κ3) is 3.83. The monoisotopic (exact) mass is 461 g/mol. The van der Waals surface area contributed by atoms with Crippen LogP contribution < -0.4 is 10.6 Å². The zero-order valence-corrected chi connectivity index (χ0v) is 18.8. The first-order valence-corrected chi connectivity index (χ1v) is 11.1. The van der Waals surface area contributed by atoms with Crippen LogP contribution >= 0.6 is 0 Å². The van der Waals surface area contributed by atoms with E-state index in [1.165, 1.54) is 12.1 Å². The second-order valence-electron chi connectivity index (χ2n) is 8.38. The number of carbonyl (C=O) groups is 1. The van der Waals surface area contributed by atoms with E-state index in [4.69, 9.17) is 0 Å². The number of benzene rings is 3. The third-order valence-electron chi connectivity index (χ3n) is 6.08. The van der Waals surface area contributed by atoms with Gasteiger partial charge in [-0.3, -0.25) is 4.79 Å². The minimum atomic E-state index is -0.290. The van der Waals surface area contributed by atoms with Crippen LogP contribution in [-0.2, 0) is 11.8 Å². The highest BCUT2D eigenvalue weighted by molar-refractivity contribution is 6.35. The molecule has 0 spiro atoms. The second-order valence-corrected chi connectivity index (χ2v) is 8.38. The number of rotatable bonds is 4. The van der Waals surface area contributed by atoms with Crippen LogP contribution in [0.15, 0.2) is 85.2 Å². The predicted octanol–water partition coefficient (Wildman–Crippen LogP) is 6.01. The summed E-state index contributed by atoms with van der Waals surface area (Å²) in [5.41, 5.74) is 6.65. The average Bonchev–Trinajstić information content (AvgIpc) is 3.35. The predicted molar refractivity (Wildman–Crippen MR) is 137 cm³/mol. The number of aromatic nitrogens is 3. The van der Waals surface area contributed by atoms with Crippen LogP contribution in [0.1, 0.15) is 11.1 Å². The molecule has 5 aromatic rings. The van der Waals surface area contributed by atoms with E-state index in [0.29, 0.717) is 17.2 Å². The maximum absolute atomic E-state index is 13.3. The van der Waals surface area contributed by atoms with Crippen molar-refractivity contribution in [1.29, 1.82) is 0 Å². The summed E-state index contributed by atoms with van der Waals surface area (Å²) in [6, 6.07) is 21.7. The van der Waals surface area contributed by atoms with Crippen LogP contribution in [0, 0.1) is 5.82 Å². The Morgan fingerprint density at radius 1 is 1.03 bits per heavy atom. The van der Waals surface area contributed by atoms with E-state index < -0.39 is 0 Å². The van der Waals surface area contributed by atoms with Gasteiger partial charge in [0.2, 0.25) is 5.95 Å². The molecule has 1 amide bonds. The highest BCUT2D eigenvalue weighted by Crippen LogP contribution is 2.35. The van der Waals surface area contributed by atoms with Crippen molar-refractivity contribution in [1.82, 2.24) is 14.5 Å². The van der Waals surface area contributed by atoms with Gasteiger partial charge in [0.25, 0.3) is 5.91 Å². The van der Waals surface area contributed by atoms with Crippen molar-refractivity contribution >= 4 is 45.8 Å². The van der Waals surface area contributed by atoms with Crippen molar-refractivity contribution < 1.29 is 9.18 Å². The maximum Gasteiger partial charge on any atom is 0.256 e. The van der Waals surface area contributed by atoms with Gasteiger partial charge in [0.05, 0.1) is 5.69 Å². The van der Waals surface area contributed by atoms with E-state index in [9.17, 15) is 9.18 Å². The van der Waals surface area contributed by atoms with Gasteiger partial charge in [-0.15, -0.1) is 0 Å². The molecule has 0 bridgehead atoms. The number of carbonyl (C=O) groups excluding carboxylic acids is 1. The molecule has 1 aliphatic heterocycles. The molecular weight excluding hydrogens is 441 g/mol. The van der Waals surface area contributed by atoms with Crippen LogP contribution in [-0.4, -0.2) is 20.4 Å². The van der Waals surface area contributed by atoms with Crippen molar-refractivity contribution in [2.45, 2.75) is 0 Å². The van der Waals surface area contributed by atoms with E-state index in [1.807, 2.05) is 66.4 Å². The maximum atomic E-state index is 13.3. The first-order chi connectivity index (χ1) is 17.0. The normalized spacial score (nSPS) is 13.8. The molecule has 3 heterocycles. The molecule has 2 aromatic heterocycles. The Morgan fingerprint density at radius 2 is 1.86 bits per heavy atom. The molecular formula is C28H20FN5O. The number of fused-ring (bicyclic) bond motifs is 2. The Hall–Kier alpha value is -4.78. The van der Waals surface area contributed by atoms with Crippen molar-refractivity contribution in [3.8, 4) is 11.3 Å². The largest absolute Gasteiger partial charge is 0.350 e. The number of hydrogen-bond acceptors (Lipinski definition) is 4. The number of para-hydroxylation sites is 1. The number of nitrogens with zero attached hydrogens (tertiary/aromatic N) is 3. The molecule has 0 unspecified atom stereocenters. The highest BCUT2D eigenvalue weighted by atomic mass is 19.1. The molecule has 0 fully saturated rings. The Balaban J connectivity index is 1.36. The van der Waals surface area contributed by atoms with Crippen molar-refractivity contribution in [3.05, 3.63) is 102 Å². The van der Waals surface area contributed by atoms with Gasteiger partial charge >= 0.3 is 0 Å². The number of anilines is 3. The van der Waals surface area contributed by atoms with Crippen LogP contribution in [0.4, 0.5) is 21.7 Å². The van der Waals surface area contributed by atoms with Crippen LogP contribution in [0.5, 0.6) is 0 Å². The highest BCUT2D eigenvalue weighted by Gasteiger charge is 2.24. The topological polar surface area (TPSA) is 71.8 Å². The molecule has 2 N–H and O–H groups in total. The molecule has 0 radical (unpaired) electrons. The van der Waals surface area contributed by atoms with Gasteiger partial charge in [0.15, 0.2) is 0 Å². The van der Waals surface area contributed by atoms with E-state index in [1.54, 1.807) is 24.4 Å². The Morgan fingerprint density at radius 3 is 2.71 bits per heavy atom. The molecule has 3 aromatic carbocycles. The summed E-state index contributed by atoms with van der Waals surface area (Å²) in [5.74, 6) is 0.0382. The number of amides is 1. The van der Waals surface area contributed by atoms with Gasteiger partial charge in [-0.25, -0.2) is 14.4 Å². The number of aryl methyl sites for hydroxylation is 1. The average molecular weight is 462 g/mol. The van der Waals surface area contributed by atoms with Gasteiger partial charge in [-0.05, 0) is 60.7 Å². The SMILES string of the molecule is Cn1cc(/C=C2/C(=O)Nc3ccccc32)c2cc(Nc3nccc(-c4ccc(F)cc4)n3)ccc21. The molecule has 6 nitrogen and oxygen atoms in total. The van der Waals surface area contributed by atoms with Gasteiger partial charge in [-0.2, -0.15) is 0 Å². The van der Waals surface area contributed by atoms with Crippen molar-refractivity contribution in [3.63, 3.8) is 0 Å². The van der Waals surface area contributed by atoms with Crippen molar-refractivity contribution in [2.24, 2.45) is 7.05 Å². The lowest BCUT2D eigenvalue weighted by Gasteiger charge is -2.08. The number of hydrogen-bond donors (Lipinski definition) is 2. The molecule has 7 heteroatoms. The minimum absolute atomic E-state index is 0.108. The lowest BCUT2D eigenvalue weighted by atomic mass is 10.0. The van der Waals surface area contributed by atoms with E-state index in [-0.39, 0.29) is 11.7 Å². The smallest absolute Gasteiger partial charge is 0.256 e. The molecule has 170 valence electrons. The van der Waals surface area contributed by atoms with Gasteiger partial charge in [-0.1, -0.05) is 18.2 Å². The first kappa shape index (κ1) is 20.8. The summed E-state index contributed by atoms with van der Waals surface area (Å²) >= 11 is 0. The minimum Gasteiger partial charge on any atom is -0.350 e. The second kappa shape index (κ2) is 8.22.